The molecule has 0 bridgehead atoms. The number of hydrogen-bond donors (Lipinski definition) is 2. The third-order valence-corrected chi connectivity index (χ3v) is 5.28. The van der Waals surface area contributed by atoms with Crippen molar-refractivity contribution < 1.29 is 19.1 Å². The Hall–Kier alpha value is -3.44. The molecule has 0 heterocycles. The van der Waals surface area contributed by atoms with Gasteiger partial charge in [-0.15, -0.1) is 0 Å². The van der Waals surface area contributed by atoms with Crippen LogP contribution < -0.4 is 10.6 Å². The van der Waals surface area contributed by atoms with Crippen LogP contribution >= 0.6 is 0 Å². The Morgan fingerprint density at radius 2 is 1.58 bits per heavy atom. The maximum atomic E-state index is 12.4. The second-order valence-electron chi connectivity index (χ2n) is 8.07. The van der Waals surface area contributed by atoms with Gasteiger partial charge in [-0.3, -0.25) is 4.79 Å². The van der Waals surface area contributed by atoms with E-state index < -0.39 is 24.2 Å². The highest BCUT2D eigenvalue weighted by atomic mass is 16.5. The van der Waals surface area contributed by atoms with Crippen molar-refractivity contribution in [2.45, 2.75) is 45.3 Å². The highest BCUT2D eigenvalue weighted by Gasteiger charge is 2.29. The standard InChI is InChI=1S/C24H27N3O4/c1-15(2)12-22(25-14-28)27-23(29)16(3)26-24(30)31-13-21-19-10-6-4-8-17(19)18-9-5-7-11-20(18)21/h4-11,15-16,21-22H,12-13H2,1-3H3,(H,26,30)(H,27,29)/t16-,22-/m0/s1. The number of fused-ring (bicyclic) bond motifs is 3. The molecule has 0 fully saturated rings. The number of benzene rings is 2. The molecule has 2 N–H and O–H groups in total. The fourth-order valence-corrected chi connectivity index (χ4v) is 3.83. The molecule has 2 aromatic rings. The topological polar surface area (TPSA) is 96.9 Å². The van der Waals surface area contributed by atoms with Gasteiger partial charge in [-0.2, -0.15) is 4.99 Å². The fraction of sp³-hybridized carbons (Fsp3) is 0.375. The van der Waals surface area contributed by atoms with Gasteiger partial charge in [0.1, 0.15) is 18.8 Å². The number of hydrogen-bond acceptors (Lipinski definition) is 5. The number of alkyl carbamates (subject to hydrolysis) is 1. The number of carbonyl (C=O) groups excluding carboxylic acids is 3. The lowest BCUT2D eigenvalue weighted by molar-refractivity contribution is -0.123. The van der Waals surface area contributed by atoms with Crippen molar-refractivity contribution in [2.24, 2.45) is 10.9 Å². The van der Waals surface area contributed by atoms with Gasteiger partial charge in [0.15, 0.2) is 0 Å². The van der Waals surface area contributed by atoms with E-state index in [-0.39, 0.29) is 18.4 Å². The largest absolute Gasteiger partial charge is 0.449 e. The van der Waals surface area contributed by atoms with Crippen molar-refractivity contribution in [2.75, 3.05) is 6.61 Å². The zero-order valence-corrected chi connectivity index (χ0v) is 17.9. The Kier molecular flexibility index (Phi) is 7.21. The second-order valence-corrected chi connectivity index (χ2v) is 8.07. The van der Waals surface area contributed by atoms with Crippen molar-refractivity contribution in [3.63, 3.8) is 0 Å². The van der Waals surface area contributed by atoms with Gasteiger partial charge < -0.3 is 15.4 Å². The molecule has 0 radical (unpaired) electrons. The summed E-state index contributed by atoms with van der Waals surface area (Å²) in [6, 6.07) is 15.3. The maximum absolute atomic E-state index is 12.4. The monoisotopic (exact) mass is 421 g/mol. The second kappa shape index (κ2) is 10.0. The number of nitrogens with zero attached hydrogens (tertiary/aromatic N) is 1. The highest BCUT2D eigenvalue weighted by Crippen LogP contribution is 2.44. The van der Waals surface area contributed by atoms with Crippen LogP contribution in [-0.2, 0) is 14.3 Å². The van der Waals surface area contributed by atoms with Crippen LogP contribution in [0, 0.1) is 5.92 Å². The molecule has 31 heavy (non-hydrogen) atoms. The average Bonchev–Trinajstić information content (AvgIpc) is 3.06. The summed E-state index contributed by atoms with van der Waals surface area (Å²) < 4.78 is 5.46. The molecule has 7 nitrogen and oxygen atoms in total. The third kappa shape index (κ3) is 5.38. The first-order chi connectivity index (χ1) is 14.9. The van der Waals surface area contributed by atoms with Crippen LogP contribution in [0.25, 0.3) is 11.1 Å². The van der Waals surface area contributed by atoms with E-state index in [1.807, 2.05) is 50.2 Å². The normalized spacial score (nSPS) is 14.1. The van der Waals surface area contributed by atoms with Crippen LogP contribution in [0.5, 0.6) is 0 Å². The number of ether oxygens (including phenoxy) is 1. The number of isocyanates is 1. The lowest BCUT2D eigenvalue weighted by Crippen LogP contribution is -2.48. The van der Waals surface area contributed by atoms with Crippen molar-refractivity contribution in [1.29, 1.82) is 0 Å². The lowest BCUT2D eigenvalue weighted by atomic mass is 9.98. The molecular weight excluding hydrogens is 394 g/mol. The molecule has 2 amide bonds. The molecule has 1 aliphatic rings. The van der Waals surface area contributed by atoms with Gasteiger partial charge in [0, 0.05) is 5.92 Å². The minimum Gasteiger partial charge on any atom is -0.449 e. The fourth-order valence-electron chi connectivity index (χ4n) is 3.83. The summed E-state index contributed by atoms with van der Waals surface area (Å²) in [5, 5.41) is 5.18. The van der Waals surface area contributed by atoms with E-state index in [4.69, 9.17) is 4.74 Å². The summed E-state index contributed by atoms with van der Waals surface area (Å²) >= 11 is 0. The predicted octanol–water partition coefficient (Wildman–Crippen LogP) is 3.74. The quantitative estimate of drug-likeness (QED) is 0.501. The summed E-state index contributed by atoms with van der Waals surface area (Å²) in [4.78, 5) is 38.9. The van der Waals surface area contributed by atoms with E-state index in [9.17, 15) is 14.4 Å². The molecule has 1 aliphatic carbocycles. The summed E-state index contributed by atoms with van der Waals surface area (Å²) in [5.74, 6) is -0.273. The van der Waals surface area contributed by atoms with Crippen LogP contribution in [0.4, 0.5) is 4.79 Å². The number of amides is 2. The third-order valence-electron chi connectivity index (χ3n) is 5.28. The van der Waals surface area contributed by atoms with E-state index in [1.54, 1.807) is 6.92 Å². The van der Waals surface area contributed by atoms with Gasteiger partial charge in [-0.05, 0) is 41.5 Å². The molecule has 0 aliphatic heterocycles. The highest BCUT2D eigenvalue weighted by molar-refractivity contribution is 5.85. The average molecular weight is 421 g/mol. The first-order valence-electron chi connectivity index (χ1n) is 10.4. The Morgan fingerprint density at radius 1 is 1.00 bits per heavy atom. The Balaban J connectivity index is 1.58. The van der Waals surface area contributed by atoms with Gasteiger partial charge in [0.25, 0.3) is 0 Å². The van der Waals surface area contributed by atoms with Crippen LogP contribution in [0.1, 0.15) is 44.2 Å². The molecule has 3 rings (SSSR count). The van der Waals surface area contributed by atoms with Gasteiger partial charge in [0.05, 0.1) is 0 Å². The van der Waals surface area contributed by atoms with Crippen LogP contribution in [0.2, 0.25) is 0 Å². The summed E-state index contributed by atoms with van der Waals surface area (Å²) in [7, 11) is 0. The smallest absolute Gasteiger partial charge is 0.407 e. The molecule has 0 saturated heterocycles. The molecule has 0 unspecified atom stereocenters. The molecule has 0 aromatic heterocycles. The van der Waals surface area contributed by atoms with E-state index in [0.29, 0.717) is 6.42 Å². The minimum atomic E-state index is -0.841. The molecule has 0 spiro atoms. The number of carbonyl (C=O) groups is 2. The number of nitrogens with one attached hydrogen (secondary N) is 2. The molecular formula is C24H27N3O4. The van der Waals surface area contributed by atoms with E-state index >= 15 is 0 Å². The van der Waals surface area contributed by atoms with Crippen molar-refractivity contribution in [3.05, 3.63) is 59.7 Å². The number of rotatable bonds is 8. The Labute approximate surface area is 181 Å². The van der Waals surface area contributed by atoms with Gasteiger partial charge in [-0.25, -0.2) is 9.59 Å². The van der Waals surface area contributed by atoms with Gasteiger partial charge in [0.2, 0.25) is 12.0 Å². The van der Waals surface area contributed by atoms with E-state index in [2.05, 4.69) is 27.8 Å². The number of aliphatic imine (C=N–C) groups is 1. The van der Waals surface area contributed by atoms with Crippen molar-refractivity contribution in [1.82, 2.24) is 10.6 Å². The molecule has 7 heteroatoms. The van der Waals surface area contributed by atoms with Gasteiger partial charge in [-0.1, -0.05) is 62.4 Å². The van der Waals surface area contributed by atoms with Crippen LogP contribution in [0.15, 0.2) is 53.5 Å². The molecule has 162 valence electrons. The first kappa shape index (κ1) is 22.2. The Morgan fingerprint density at radius 3 is 2.13 bits per heavy atom. The Bertz CT molecular complexity index is 952. The van der Waals surface area contributed by atoms with E-state index in [1.165, 1.54) is 6.08 Å². The summed E-state index contributed by atoms with van der Waals surface area (Å²) in [5.41, 5.74) is 4.52. The van der Waals surface area contributed by atoms with Crippen molar-refractivity contribution >= 4 is 18.1 Å². The predicted molar refractivity (Wildman–Crippen MR) is 117 cm³/mol. The van der Waals surface area contributed by atoms with Crippen LogP contribution in [-0.4, -0.2) is 36.9 Å². The van der Waals surface area contributed by atoms with Gasteiger partial charge >= 0.3 is 6.09 Å². The zero-order valence-electron chi connectivity index (χ0n) is 17.9. The first-order valence-corrected chi connectivity index (χ1v) is 10.4. The molecule has 0 saturated carbocycles. The van der Waals surface area contributed by atoms with E-state index in [0.717, 1.165) is 22.3 Å². The zero-order chi connectivity index (χ0) is 22.4. The molecule has 2 aromatic carbocycles. The lowest BCUT2D eigenvalue weighted by Gasteiger charge is -2.19. The van der Waals surface area contributed by atoms with Crippen molar-refractivity contribution in [3.8, 4) is 11.1 Å². The maximum Gasteiger partial charge on any atom is 0.407 e. The van der Waals surface area contributed by atoms with Crippen LogP contribution in [0.3, 0.4) is 0 Å². The summed E-state index contributed by atoms with van der Waals surface area (Å²) in [6.07, 6.45) is 0.626. The summed E-state index contributed by atoms with van der Waals surface area (Å²) in [6.45, 7) is 5.63. The SMILES string of the molecule is CC(C)C[C@@H](N=C=O)NC(=O)[C@H](C)NC(=O)OCC1c2ccccc2-c2ccccc21. The minimum absolute atomic E-state index is 0.0559. The molecule has 2 atom stereocenters.